The molecule has 2 fully saturated rings. The molecule has 0 saturated carbocycles. The number of morpholine rings is 1. The molecule has 2 aliphatic rings. The summed E-state index contributed by atoms with van der Waals surface area (Å²) >= 11 is 3.01. The Hall–Kier alpha value is -1.42. The molecule has 0 spiro atoms. The van der Waals surface area contributed by atoms with E-state index >= 15 is 0 Å². The topological polar surface area (TPSA) is 71.8 Å². The van der Waals surface area contributed by atoms with Gasteiger partial charge in [0.05, 0.1) is 36.6 Å². The molecule has 0 unspecified atom stereocenters. The molecule has 1 amide bonds. The van der Waals surface area contributed by atoms with Crippen LogP contribution in [-0.2, 0) is 4.74 Å². The summed E-state index contributed by atoms with van der Waals surface area (Å²) in [6.45, 7) is 7.35. The molecular formula is C18H26N5O2S2+. The summed E-state index contributed by atoms with van der Waals surface area (Å²) in [5, 5.41) is 4.84. The molecule has 0 aromatic carbocycles. The van der Waals surface area contributed by atoms with Gasteiger partial charge in [-0.15, -0.1) is 11.3 Å². The van der Waals surface area contributed by atoms with E-state index < -0.39 is 0 Å². The molecule has 2 aliphatic heterocycles. The summed E-state index contributed by atoms with van der Waals surface area (Å²) in [6, 6.07) is 1.97. The summed E-state index contributed by atoms with van der Waals surface area (Å²) in [7, 11) is 0. The highest BCUT2D eigenvalue weighted by Gasteiger charge is 2.22. The second kappa shape index (κ2) is 8.72. The predicted molar refractivity (Wildman–Crippen MR) is 109 cm³/mol. The van der Waals surface area contributed by atoms with E-state index in [0.29, 0.717) is 6.54 Å². The molecule has 0 bridgehead atoms. The van der Waals surface area contributed by atoms with Crippen molar-refractivity contribution < 1.29 is 14.4 Å². The molecule has 2 aromatic rings. The molecule has 0 atom stereocenters. The molecule has 4 rings (SSSR count). The molecule has 27 heavy (non-hydrogen) atoms. The Morgan fingerprint density at radius 2 is 2.11 bits per heavy atom. The Morgan fingerprint density at radius 3 is 2.85 bits per heavy atom. The molecule has 2 N–H and O–H groups in total. The van der Waals surface area contributed by atoms with Gasteiger partial charge >= 0.3 is 0 Å². The van der Waals surface area contributed by atoms with Crippen LogP contribution < -0.4 is 15.1 Å². The van der Waals surface area contributed by atoms with Crippen molar-refractivity contribution in [1.29, 1.82) is 0 Å². The Labute approximate surface area is 167 Å². The van der Waals surface area contributed by atoms with Crippen LogP contribution in [0.4, 0.5) is 5.82 Å². The molecule has 7 nitrogen and oxygen atoms in total. The Bertz CT molecular complexity index is 800. The summed E-state index contributed by atoms with van der Waals surface area (Å²) in [6.07, 6.45) is 4.38. The zero-order valence-electron chi connectivity index (χ0n) is 15.6. The van der Waals surface area contributed by atoms with Crippen LogP contribution in [-0.4, -0.2) is 74.6 Å². The maximum atomic E-state index is 12.6. The van der Waals surface area contributed by atoms with Crippen LogP contribution in [0, 0.1) is 0 Å². The van der Waals surface area contributed by atoms with Crippen LogP contribution in [0.3, 0.4) is 0 Å². The standard InChI is InChI=1S/C18H25N5O2S2/c1-26-18-20-15(23-5-2-3-6-23)13-12-14(27-17(13)21-18)16(24)19-4-7-22-8-10-25-11-9-22/h12H,2-11H2,1H3,(H,19,24)/p+1. The smallest absolute Gasteiger partial charge is 0.261 e. The van der Waals surface area contributed by atoms with Gasteiger partial charge in [0.2, 0.25) is 0 Å². The number of hydrogen-bond acceptors (Lipinski definition) is 7. The Balaban J connectivity index is 1.48. The van der Waals surface area contributed by atoms with Gasteiger partial charge < -0.3 is 19.9 Å². The number of nitrogens with one attached hydrogen (secondary N) is 2. The lowest BCUT2D eigenvalue weighted by atomic mass is 10.3. The monoisotopic (exact) mass is 408 g/mol. The van der Waals surface area contributed by atoms with E-state index in [-0.39, 0.29) is 5.91 Å². The fourth-order valence-corrected chi connectivity index (χ4v) is 4.97. The minimum Gasteiger partial charge on any atom is -0.370 e. The molecule has 2 saturated heterocycles. The van der Waals surface area contributed by atoms with Crippen molar-refractivity contribution in [3.8, 4) is 0 Å². The quantitative estimate of drug-likeness (QED) is 0.541. The fourth-order valence-electron chi connectivity index (χ4n) is 3.61. The molecule has 9 heteroatoms. The first-order chi connectivity index (χ1) is 13.2. The highest BCUT2D eigenvalue weighted by Crippen LogP contribution is 2.34. The van der Waals surface area contributed by atoms with E-state index in [1.165, 1.54) is 29.1 Å². The van der Waals surface area contributed by atoms with Gasteiger partial charge in [-0.1, -0.05) is 11.8 Å². The van der Waals surface area contributed by atoms with Gasteiger partial charge in [0.25, 0.3) is 5.91 Å². The number of rotatable bonds is 6. The SMILES string of the molecule is CSc1nc(N2CCCC2)c2cc(C(=O)NCC[NH+]3CCOCC3)sc2n1. The summed E-state index contributed by atoms with van der Waals surface area (Å²) in [5.41, 5.74) is 0. The highest BCUT2D eigenvalue weighted by atomic mass is 32.2. The largest absolute Gasteiger partial charge is 0.370 e. The third-order valence-corrected chi connectivity index (χ3v) is 6.70. The van der Waals surface area contributed by atoms with E-state index in [2.05, 4.69) is 15.2 Å². The third kappa shape index (κ3) is 4.37. The van der Waals surface area contributed by atoms with E-state index in [1.807, 2.05) is 12.3 Å². The first-order valence-electron chi connectivity index (χ1n) is 9.54. The van der Waals surface area contributed by atoms with Crippen LogP contribution in [0.2, 0.25) is 0 Å². The third-order valence-electron chi connectivity index (χ3n) is 5.13. The number of thiophene rings is 1. The average Bonchev–Trinajstić information content (AvgIpc) is 3.37. The molecular weight excluding hydrogens is 382 g/mol. The summed E-state index contributed by atoms with van der Waals surface area (Å²) < 4.78 is 5.38. The first-order valence-corrected chi connectivity index (χ1v) is 11.6. The van der Waals surface area contributed by atoms with Crippen LogP contribution in [0.15, 0.2) is 11.2 Å². The lowest BCUT2D eigenvalue weighted by molar-refractivity contribution is -0.906. The average molecular weight is 409 g/mol. The van der Waals surface area contributed by atoms with Crippen LogP contribution in [0.1, 0.15) is 22.5 Å². The first kappa shape index (κ1) is 18.9. The van der Waals surface area contributed by atoms with Gasteiger partial charge in [0, 0.05) is 13.1 Å². The number of thioether (sulfide) groups is 1. The lowest BCUT2D eigenvalue weighted by Gasteiger charge is -2.23. The fraction of sp³-hybridized carbons (Fsp3) is 0.611. The van der Waals surface area contributed by atoms with Gasteiger partial charge in [0.1, 0.15) is 23.7 Å². The second-order valence-corrected chi connectivity index (χ2v) is 8.73. The molecule has 0 aliphatic carbocycles. The molecule has 2 aromatic heterocycles. The van der Waals surface area contributed by atoms with Crippen LogP contribution >= 0.6 is 23.1 Å². The predicted octanol–water partition coefficient (Wildman–Crippen LogP) is 0.658. The number of quaternary nitrogens is 1. The minimum atomic E-state index is -0.0104. The number of anilines is 1. The van der Waals surface area contributed by atoms with Crippen LogP contribution in [0.25, 0.3) is 10.2 Å². The molecule has 0 radical (unpaired) electrons. The number of amides is 1. The van der Waals surface area contributed by atoms with Gasteiger partial charge in [-0.25, -0.2) is 9.97 Å². The van der Waals surface area contributed by atoms with Crippen molar-refractivity contribution in [3.63, 3.8) is 0 Å². The number of hydrogen-bond donors (Lipinski definition) is 2. The van der Waals surface area contributed by atoms with Crippen molar-refractivity contribution in [3.05, 3.63) is 10.9 Å². The van der Waals surface area contributed by atoms with Crippen molar-refractivity contribution in [1.82, 2.24) is 15.3 Å². The van der Waals surface area contributed by atoms with E-state index in [9.17, 15) is 4.79 Å². The highest BCUT2D eigenvalue weighted by molar-refractivity contribution is 7.98. The normalized spacial score (nSPS) is 18.3. The van der Waals surface area contributed by atoms with Gasteiger partial charge in [-0.05, 0) is 25.2 Å². The lowest BCUT2D eigenvalue weighted by Crippen LogP contribution is -3.14. The summed E-state index contributed by atoms with van der Waals surface area (Å²) in [5.74, 6) is 0.971. The zero-order valence-corrected chi connectivity index (χ0v) is 17.3. The van der Waals surface area contributed by atoms with Crippen molar-refractivity contribution >= 4 is 45.0 Å². The van der Waals surface area contributed by atoms with Gasteiger partial charge in [-0.3, -0.25) is 4.79 Å². The number of carbonyl (C=O) groups excluding carboxylic acids is 1. The van der Waals surface area contributed by atoms with E-state index in [4.69, 9.17) is 9.72 Å². The summed E-state index contributed by atoms with van der Waals surface area (Å²) in [4.78, 5) is 27.4. The Morgan fingerprint density at radius 1 is 1.33 bits per heavy atom. The number of aromatic nitrogens is 2. The molecule has 4 heterocycles. The van der Waals surface area contributed by atoms with E-state index in [0.717, 1.165) is 72.0 Å². The van der Waals surface area contributed by atoms with Gasteiger partial charge in [0.15, 0.2) is 5.16 Å². The number of fused-ring (bicyclic) bond motifs is 1. The van der Waals surface area contributed by atoms with Crippen molar-refractivity contribution in [2.24, 2.45) is 0 Å². The number of nitrogens with zero attached hydrogens (tertiary/aromatic N) is 3. The number of carbonyl (C=O) groups is 1. The zero-order chi connectivity index (χ0) is 18.6. The van der Waals surface area contributed by atoms with Crippen LogP contribution in [0.5, 0.6) is 0 Å². The second-order valence-electron chi connectivity index (χ2n) is 6.93. The maximum Gasteiger partial charge on any atom is 0.261 e. The van der Waals surface area contributed by atoms with Crippen molar-refractivity contribution in [2.75, 3.05) is 63.6 Å². The Kier molecular flexibility index (Phi) is 6.11. The van der Waals surface area contributed by atoms with Gasteiger partial charge in [-0.2, -0.15) is 0 Å². The van der Waals surface area contributed by atoms with Crippen molar-refractivity contribution in [2.45, 2.75) is 18.0 Å². The number of ether oxygens (including phenoxy) is 1. The maximum absolute atomic E-state index is 12.6. The van der Waals surface area contributed by atoms with E-state index in [1.54, 1.807) is 11.8 Å². The minimum absolute atomic E-state index is 0.0104. The molecule has 146 valence electrons.